The first-order valence-electron chi connectivity index (χ1n) is 4.96. The van der Waals surface area contributed by atoms with Crippen molar-refractivity contribution in [2.45, 2.75) is 31.9 Å². The number of likely N-dealkylation sites (N-methyl/N-ethyl adjacent to an activating group) is 1. The highest BCUT2D eigenvalue weighted by Gasteiger charge is 2.39. The Morgan fingerprint density at radius 1 is 1.50 bits per heavy atom. The average molecular weight is 228 g/mol. The van der Waals surface area contributed by atoms with Crippen LogP contribution in [0.3, 0.4) is 0 Å². The third kappa shape index (κ3) is 2.21. The number of hydrogen-bond acceptors (Lipinski definition) is 4. The van der Waals surface area contributed by atoms with Crippen molar-refractivity contribution in [2.75, 3.05) is 14.2 Å². The summed E-state index contributed by atoms with van der Waals surface area (Å²) >= 11 is 0. The van der Waals surface area contributed by atoms with Gasteiger partial charge in [-0.1, -0.05) is 0 Å². The van der Waals surface area contributed by atoms with E-state index in [0.717, 1.165) is 4.90 Å². The molecule has 0 saturated carbocycles. The van der Waals surface area contributed by atoms with Crippen LogP contribution in [0.25, 0.3) is 0 Å². The second kappa shape index (κ2) is 4.21. The molecule has 0 aromatic carbocycles. The average Bonchev–Trinajstić information content (AvgIpc) is 2.46. The van der Waals surface area contributed by atoms with Gasteiger partial charge in [-0.25, -0.2) is 0 Å². The molecule has 1 fully saturated rings. The number of nitrogens with zero attached hydrogens (tertiary/aromatic N) is 1. The van der Waals surface area contributed by atoms with E-state index in [-0.39, 0.29) is 18.2 Å². The Balaban J connectivity index is 2.67. The maximum absolute atomic E-state index is 11.7. The minimum atomic E-state index is -1.01. The van der Waals surface area contributed by atoms with E-state index in [1.54, 1.807) is 13.8 Å². The lowest BCUT2D eigenvalue weighted by atomic mass is 10.1. The van der Waals surface area contributed by atoms with Crippen molar-refractivity contribution in [3.05, 3.63) is 0 Å². The van der Waals surface area contributed by atoms with E-state index in [4.69, 9.17) is 4.74 Å². The molecule has 1 saturated heterocycles. The highest BCUT2D eigenvalue weighted by atomic mass is 16.5. The number of imide groups is 1. The van der Waals surface area contributed by atoms with Crippen molar-refractivity contribution in [3.63, 3.8) is 0 Å². The standard InChI is InChI=1S/C10H16N2O4/c1-10(2,16-4)9(15)11-6-5-7(13)12(3)8(6)14/h6H,5H2,1-4H3,(H,11,15). The van der Waals surface area contributed by atoms with Crippen molar-refractivity contribution in [1.82, 2.24) is 10.2 Å². The van der Waals surface area contributed by atoms with E-state index in [0.29, 0.717) is 0 Å². The van der Waals surface area contributed by atoms with Crippen LogP contribution in [-0.2, 0) is 19.1 Å². The van der Waals surface area contributed by atoms with Gasteiger partial charge in [-0.3, -0.25) is 19.3 Å². The molecule has 1 atom stereocenters. The smallest absolute Gasteiger partial charge is 0.252 e. The zero-order chi connectivity index (χ0) is 12.5. The summed E-state index contributed by atoms with van der Waals surface area (Å²) in [5, 5.41) is 2.50. The van der Waals surface area contributed by atoms with Gasteiger partial charge in [-0.05, 0) is 13.8 Å². The molecular weight excluding hydrogens is 212 g/mol. The number of likely N-dealkylation sites (tertiary alicyclic amines) is 1. The van der Waals surface area contributed by atoms with Gasteiger partial charge in [0.15, 0.2) is 0 Å². The normalized spacial score (nSPS) is 21.5. The molecule has 0 aromatic rings. The molecule has 1 heterocycles. The number of methoxy groups -OCH3 is 1. The number of carbonyl (C=O) groups is 3. The number of nitrogens with one attached hydrogen (secondary N) is 1. The van der Waals surface area contributed by atoms with Gasteiger partial charge >= 0.3 is 0 Å². The van der Waals surface area contributed by atoms with Crippen molar-refractivity contribution < 1.29 is 19.1 Å². The summed E-state index contributed by atoms with van der Waals surface area (Å²) < 4.78 is 4.98. The molecule has 0 spiro atoms. The molecule has 1 N–H and O–H groups in total. The fourth-order valence-electron chi connectivity index (χ4n) is 1.29. The van der Waals surface area contributed by atoms with Gasteiger partial charge < -0.3 is 10.1 Å². The molecule has 1 aliphatic heterocycles. The van der Waals surface area contributed by atoms with Crippen molar-refractivity contribution >= 4 is 17.7 Å². The minimum absolute atomic E-state index is 0.0147. The number of ether oxygens (including phenoxy) is 1. The first-order chi connectivity index (χ1) is 7.29. The van der Waals surface area contributed by atoms with Gasteiger partial charge in [0.1, 0.15) is 11.6 Å². The third-order valence-corrected chi connectivity index (χ3v) is 2.74. The van der Waals surface area contributed by atoms with E-state index in [1.165, 1.54) is 14.2 Å². The van der Waals surface area contributed by atoms with Gasteiger partial charge in [-0.2, -0.15) is 0 Å². The molecule has 0 aliphatic carbocycles. The minimum Gasteiger partial charge on any atom is -0.369 e. The van der Waals surface area contributed by atoms with Gasteiger partial charge in [0, 0.05) is 14.2 Å². The predicted octanol–water partition coefficient (Wildman–Crippen LogP) is -0.715. The first-order valence-corrected chi connectivity index (χ1v) is 4.96. The van der Waals surface area contributed by atoms with Gasteiger partial charge in [0.2, 0.25) is 5.91 Å². The Morgan fingerprint density at radius 3 is 2.44 bits per heavy atom. The van der Waals surface area contributed by atoms with Crippen LogP contribution in [0, 0.1) is 0 Å². The molecule has 0 bridgehead atoms. The molecule has 0 radical (unpaired) electrons. The molecule has 90 valence electrons. The van der Waals surface area contributed by atoms with Crippen LogP contribution in [0.2, 0.25) is 0 Å². The SMILES string of the molecule is COC(C)(C)C(=O)NC1CC(=O)N(C)C1=O. The topological polar surface area (TPSA) is 75.7 Å². The summed E-state index contributed by atoms with van der Waals surface area (Å²) in [6, 6.07) is -0.764. The van der Waals surface area contributed by atoms with E-state index in [2.05, 4.69) is 5.32 Å². The Labute approximate surface area is 93.9 Å². The third-order valence-electron chi connectivity index (χ3n) is 2.74. The van der Waals surface area contributed by atoms with E-state index < -0.39 is 17.6 Å². The summed E-state index contributed by atoms with van der Waals surface area (Å²) in [7, 11) is 2.81. The Morgan fingerprint density at radius 2 is 2.06 bits per heavy atom. The van der Waals surface area contributed by atoms with Crippen LogP contribution < -0.4 is 5.32 Å². The molecule has 6 heteroatoms. The van der Waals surface area contributed by atoms with Crippen LogP contribution in [0.5, 0.6) is 0 Å². The largest absolute Gasteiger partial charge is 0.369 e. The summed E-state index contributed by atoms with van der Waals surface area (Å²) in [6.45, 7) is 3.18. The molecule has 3 amide bonds. The second-order valence-corrected chi connectivity index (χ2v) is 4.24. The first kappa shape index (κ1) is 12.6. The highest BCUT2D eigenvalue weighted by Crippen LogP contribution is 2.13. The molecule has 16 heavy (non-hydrogen) atoms. The molecule has 1 rings (SSSR count). The van der Waals surface area contributed by atoms with E-state index >= 15 is 0 Å². The highest BCUT2D eigenvalue weighted by molar-refractivity contribution is 6.06. The van der Waals surface area contributed by atoms with E-state index in [1.807, 2.05) is 0 Å². The van der Waals surface area contributed by atoms with Crippen molar-refractivity contribution in [1.29, 1.82) is 0 Å². The summed E-state index contributed by atoms with van der Waals surface area (Å²) in [6.07, 6.45) is 0.0147. The summed E-state index contributed by atoms with van der Waals surface area (Å²) in [4.78, 5) is 35.4. The van der Waals surface area contributed by atoms with Crippen molar-refractivity contribution in [2.24, 2.45) is 0 Å². The Hall–Kier alpha value is -1.43. The lowest BCUT2D eigenvalue weighted by molar-refractivity contribution is -0.143. The monoisotopic (exact) mass is 228 g/mol. The lowest BCUT2D eigenvalue weighted by Gasteiger charge is -2.23. The molecule has 0 aromatic heterocycles. The fourth-order valence-corrected chi connectivity index (χ4v) is 1.29. The van der Waals surface area contributed by atoms with Gasteiger partial charge in [0.25, 0.3) is 11.8 Å². The summed E-state index contributed by atoms with van der Waals surface area (Å²) in [5.74, 6) is -1.08. The number of rotatable bonds is 3. The van der Waals surface area contributed by atoms with Gasteiger partial charge in [0.05, 0.1) is 6.42 Å². The summed E-state index contributed by atoms with van der Waals surface area (Å²) in [5.41, 5.74) is -1.01. The number of amides is 3. The van der Waals surface area contributed by atoms with Crippen LogP contribution >= 0.6 is 0 Å². The molecule has 1 unspecified atom stereocenters. The zero-order valence-electron chi connectivity index (χ0n) is 9.86. The maximum atomic E-state index is 11.7. The molecule has 6 nitrogen and oxygen atoms in total. The van der Waals surface area contributed by atoms with Crippen molar-refractivity contribution in [3.8, 4) is 0 Å². The quantitative estimate of drug-likeness (QED) is 0.647. The van der Waals surface area contributed by atoms with Crippen LogP contribution in [-0.4, -0.2) is 48.4 Å². The van der Waals surface area contributed by atoms with Crippen LogP contribution in [0.15, 0.2) is 0 Å². The predicted molar refractivity (Wildman–Crippen MR) is 55.4 cm³/mol. The molecular formula is C10H16N2O4. The van der Waals surface area contributed by atoms with Crippen LogP contribution in [0.1, 0.15) is 20.3 Å². The molecule has 1 aliphatic rings. The van der Waals surface area contributed by atoms with E-state index in [9.17, 15) is 14.4 Å². The number of carbonyl (C=O) groups excluding carboxylic acids is 3. The zero-order valence-corrected chi connectivity index (χ0v) is 9.86. The maximum Gasteiger partial charge on any atom is 0.252 e. The van der Waals surface area contributed by atoms with Gasteiger partial charge in [-0.15, -0.1) is 0 Å². The lowest BCUT2D eigenvalue weighted by Crippen LogP contribution is -2.50. The second-order valence-electron chi connectivity index (χ2n) is 4.24. The Bertz CT molecular complexity index is 338. The van der Waals surface area contributed by atoms with Crippen LogP contribution in [0.4, 0.5) is 0 Å². The fraction of sp³-hybridized carbons (Fsp3) is 0.700. The number of hydrogen-bond donors (Lipinski definition) is 1. The Kier molecular flexibility index (Phi) is 3.32.